The van der Waals surface area contributed by atoms with E-state index in [0.29, 0.717) is 5.69 Å². The normalized spacial score (nSPS) is 9.20. The smallest absolute Gasteiger partial charge is 0.404 e. The van der Waals surface area contributed by atoms with Gasteiger partial charge in [-0.3, -0.25) is 5.10 Å². The third-order valence-electron chi connectivity index (χ3n) is 0.895. The van der Waals surface area contributed by atoms with Crippen molar-refractivity contribution >= 4 is 6.09 Å². The van der Waals surface area contributed by atoms with E-state index in [1.165, 1.54) is 6.20 Å². The quantitative estimate of drug-likeness (QED) is 0.522. The summed E-state index contributed by atoms with van der Waals surface area (Å²) in [6.45, 7) is 0.211. The zero-order chi connectivity index (χ0) is 7.40. The van der Waals surface area contributed by atoms with Crippen molar-refractivity contribution in [2.45, 2.75) is 6.54 Å². The second kappa shape index (κ2) is 2.81. The molecule has 0 aliphatic carbocycles. The molecule has 6 heteroatoms. The highest BCUT2D eigenvalue weighted by molar-refractivity contribution is 5.64. The van der Waals surface area contributed by atoms with Gasteiger partial charge in [-0.2, -0.15) is 0 Å². The fraction of sp³-hybridized carbons (Fsp3) is 0.250. The van der Waals surface area contributed by atoms with Gasteiger partial charge < -0.3 is 10.4 Å². The molecule has 1 aromatic heterocycles. The summed E-state index contributed by atoms with van der Waals surface area (Å²) < 4.78 is 0. The van der Waals surface area contributed by atoms with Crippen molar-refractivity contribution in [1.82, 2.24) is 20.7 Å². The molecule has 0 aliphatic heterocycles. The molecule has 0 aliphatic rings. The Bertz CT molecular complexity index is 207. The van der Waals surface area contributed by atoms with E-state index in [9.17, 15) is 4.79 Å². The molecule has 0 atom stereocenters. The average molecular weight is 142 g/mol. The van der Waals surface area contributed by atoms with Crippen LogP contribution in [0.5, 0.6) is 0 Å². The van der Waals surface area contributed by atoms with Gasteiger partial charge in [0.1, 0.15) is 0 Å². The Morgan fingerprint density at radius 3 is 3.20 bits per heavy atom. The molecular weight excluding hydrogens is 136 g/mol. The molecule has 1 aromatic rings. The highest BCUT2D eigenvalue weighted by Gasteiger charge is 1.96. The predicted molar refractivity (Wildman–Crippen MR) is 31.2 cm³/mol. The highest BCUT2D eigenvalue weighted by atomic mass is 16.4. The van der Waals surface area contributed by atoms with Gasteiger partial charge in [-0.25, -0.2) is 4.79 Å². The summed E-state index contributed by atoms with van der Waals surface area (Å²) in [6.07, 6.45) is 0.394. The summed E-state index contributed by atoms with van der Waals surface area (Å²) in [4.78, 5) is 9.93. The van der Waals surface area contributed by atoms with Crippen LogP contribution in [0.1, 0.15) is 5.69 Å². The summed E-state index contributed by atoms with van der Waals surface area (Å²) in [7, 11) is 0. The molecule has 0 bridgehead atoms. The van der Waals surface area contributed by atoms with Gasteiger partial charge in [-0.1, -0.05) is 5.21 Å². The Kier molecular flexibility index (Phi) is 1.83. The summed E-state index contributed by atoms with van der Waals surface area (Å²) in [5, 5.41) is 19.7. The molecule has 0 radical (unpaired) electrons. The lowest BCUT2D eigenvalue weighted by Gasteiger charge is -1.93. The van der Waals surface area contributed by atoms with Gasteiger partial charge in [0.15, 0.2) is 0 Å². The number of aromatic amines is 1. The molecule has 1 rings (SSSR count). The molecule has 0 saturated heterocycles. The summed E-state index contributed by atoms with van der Waals surface area (Å²) in [6, 6.07) is 0. The number of rotatable bonds is 2. The van der Waals surface area contributed by atoms with Crippen LogP contribution in [0.3, 0.4) is 0 Å². The zero-order valence-electron chi connectivity index (χ0n) is 5.03. The SMILES string of the molecule is O=C(O)NCc1cnn[nH]1. The maximum atomic E-state index is 9.93. The number of nitrogens with zero attached hydrogens (tertiary/aromatic N) is 2. The Balaban J connectivity index is 2.35. The molecule has 3 N–H and O–H groups in total. The van der Waals surface area contributed by atoms with Crippen LogP contribution in [0.2, 0.25) is 0 Å². The first-order valence-electron chi connectivity index (χ1n) is 2.61. The fourth-order valence-corrected chi connectivity index (χ4v) is 0.477. The molecular formula is C4H6N4O2. The van der Waals surface area contributed by atoms with Gasteiger partial charge in [0.05, 0.1) is 18.4 Å². The minimum atomic E-state index is -1.06. The monoisotopic (exact) mass is 142 g/mol. The van der Waals surface area contributed by atoms with Crippen LogP contribution in [-0.2, 0) is 6.54 Å². The number of carboxylic acid groups (broad SMARTS) is 1. The van der Waals surface area contributed by atoms with Crippen molar-refractivity contribution in [3.63, 3.8) is 0 Å². The van der Waals surface area contributed by atoms with Crippen LogP contribution in [-0.4, -0.2) is 26.6 Å². The van der Waals surface area contributed by atoms with E-state index in [2.05, 4.69) is 20.7 Å². The molecule has 54 valence electrons. The Hall–Kier alpha value is -1.59. The first-order chi connectivity index (χ1) is 4.79. The minimum Gasteiger partial charge on any atom is -0.465 e. The molecule has 6 nitrogen and oxygen atoms in total. The van der Waals surface area contributed by atoms with Crippen molar-refractivity contribution in [2.75, 3.05) is 0 Å². The van der Waals surface area contributed by atoms with Crippen molar-refractivity contribution in [2.24, 2.45) is 0 Å². The van der Waals surface area contributed by atoms with Gasteiger partial charge >= 0.3 is 6.09 Å². The maximum absolute atomic E-state index is 9.93. The minimum absolute atomic E-state index is 0.211. The highest BCUT2D eigenvalue weighted by Crippen LogP contribution is 1.85. The summed E-state index contributed by atoms with van der Waals surface area (Å²) in [5.41, 5.74) is 0.641. The van der Waals surface area contributed by atoms with Crippen LogP contribution >= 0.6 is 0 Å². The van der Waals surface area contributed by atoms with Gasteiger partial charge in [0, 0.05) is 0 Å². The summed E-state index contributed by atoms with van der Waals surface area (Å²) >= 11 is 0. The summed E-state index contributed by atoms with van der Waals surface area (Å²) in [5.74, 6) is 0. The largest absolute Gasteiger partial charge is 0.465 e. The van der Waals surface area contributed by atoms with E-state index in [-0.39, 0.29) is 6.54 Å². The molecule has 1 heterocycles. The third-order valence-corrected chi connectivity index (χ3v) is 0.895. The molecule has 0 fully saturated rings. The first kappa shape index (κ1) is 6.53. The number of H-pyrrole nitrogens is 1. The van der Waals surface area contributed by atoms with Crippen molar-refractivity contribution < 1.29 is 9.90 Å². The van der Waals surface area contributed by atoms with E-state index < -0.39 is 6.09 Å². The number of carbonyl (C=O) groups is 1. The number of aromatic nitrogens is 3. The van der Waals surface area contributed by atoms with Crippen LogP contribution in [0.15, 0.2) is 6.20 Å². The lowest BCUT2D eigenvalue weighted by molar-refractivity contribution is 0.194. The molecule has 0 spiro atoms. The Morgan fingerprint density at radius 1 is 1.90 bits per heavy atom. The van der Waals surface area contributed by atoms with E-state index in [4.69, 9.17) is 5.11 Å². The molecule has 0 unspecified atom stereocenters. The fourth-order valence-electron chi connectivity index (χ4n) is 0.477. The number of nitrogens with one attached hydrogen (secondary N) is 2. The van der Waals surface area contributed by atoms with E-state index >= 15 is 0 Å². The van der Waals surface area contributed by atoms with Crippen molar-refractivity contribution in [1.29, 1.82) is 0 Å². The molecule has 1 amide bonds. The lowest BCUT2D eigenvalue weighted by atomic mass is 10.5. The van der Waals surface area contributed by atoms with Crippen LogP contribution in [0.4, 0.5) is 4.79 Å². The van der Waals surface area contributed by atoms with Crippen molar-refractivity contribution in [3.8, 4) is 0 Å². The molecule has 0 saturated carbocycles. The topological polar surface area (TPSA) is 90.9 Å². The predicted octanol–water partition coefficient (Wildman–Crippen LogP) is -0.428. The molecule has 10 heavy (non-hydrogen) atoms. The van der Waals surface area contributed by atoms with Crippen LogP contribution < -0.4 is 5.32 Å². The number of amides is 1. The van der Waals surface area contributed by atoms with Crippen molar-refractivity contribution in [3.05, 3.63) is 11.9 Å². The third kappa shape index (κ3) is 1.73. The number of hydrogen-bond donors (Lipinski definition) is 3. The van der Waals surface area contributed by atoms with Crippen LogP contribution in [0.25, 0.3) is 0 Å². The first-order valence-corrected chi connectivity index (χ1v) is 2.61. The maximum Gasteiger partial charge on any atom is 0.404 e. The number of hydrogen-bond acceptors (Lipinski definition) is 3. The van der Waals surface area contributed by atoms with Gasteiger partial charge in [0.2, 0.25) is 0 Å². The average Bonchev–Trinajstić information content (AvgIpc) is 2.34. The second-order valence-corrected chi connectivity index (χ2v) is 1.64. The van der Waals surface area contributed by atoms with E-state index in [1.807, 2.05) is 0 Å². The molecule has 0 aromatic carbocycles. The standard InChI is InChI=1S/C4H6N4O2/c9-4(10)5-1-3-2-6-8-7-3/h2,5H,1H2,(H,9,10)(H,6,7,8). The van der Waals surface area contributed by atoms with E-state index in [0.717, 1.165) is 0 Å². The Morgan fingerprint density at radius 2 is 2.70 bits per heavy atom. The van der Waals surface area contributed by atoms with Gasteiger partial charge in [0.25, 0.3) is 0 Å². The van der Waals surface area contributed by atoms with Gasteiger partial charge in [-0.05, 0) is 0 Å². The van der Waals surface area contributed by atoms with E-state index in [1.54, 1.807) is 0 Å². The van der Waals surface area contributed by atoms with Gasteiger partial charge in [-0.15, -0.1) is 5.10 Å². The Labute approximate surface area is 56.3 Å². The van der Waals surface area contributed by atoms with Crippen LogP contribution in [0, 0.1) is 0 Å². The zero-order valence-corrected chi connectivity index (χ0v) is 5.03. The second-order valence-electron chi connectivity index (χ2n) is 1.64. The lowest BCUT2D eigenvalue weighted by Crippen LogP contribution is -2.20.